The summed E-state index contributed by atoms with van der Waals surface area (Å²) in [5, 5.41) is 3.14. The molecule has 1 saturated heterocycles. The van der Waals surface area contributed by atoms with E-state index in [1.807, 2.05) is 42.1 Å². The van der Waals surface area contributed by atoms with Crippen LogP contribution in [0.1, 0.15) is 30.3 Å². The Balaban J connectivity index is 1.45. The average Bonchev–Trinajstić information content (AvgIpc) is 3.32. The Morgan fingerprint density at radius 1 is 1.00 bits per heavy atom. The van der Waals surface area contributed by atoms with Crippen LogP contribution in [-0.4, -0.2) is 55.5 Å². The summed E-state index contributed by atoms with van der Waals surface area (Å²) in [6.45, 7) is 0.560. The van der Waals surface area contributed by atoms with Gasteiger partial charge in [0, 0.05) is 38.4 Å². The third kappa shape index (κ3) is 5.33. The molecule has 0 aliphatic carbocycles. The molecule has 2 heterocycles. The van der Waals surface area contributed by atoms with Crippen molar-refractivity contribution in [3.63, 3.8) is 0 Å². The van der Waals surface area contributed by atoms with Gasteiger partial charge in [-0.15, -0.1) is 0 Å². The zero-order valence-corrected chi connectivity index (χ0v) is 20.9. The summed E-state index contributed by atoms with van der Waals surface area (Å²) in [6, 6.07) is 13.4. The van der Waals surface area contributed by atoms with Crippen LogP contribution >= 0.6 is 0 Å². The number of rotatable bonds is 8. The van der Waals surface area contributed by atoms with E-state index in [-0.39, 0.29) is 29.8 Å². The first-order valence-corrected chi connectivity index (χ1v) is 12.8. The molecule has 1 unspecified atom stereocenters. The number of sulfonamides is 1. The van der Waals surface area contributed by atoms with E-state index in [0.717, 1.165) is 11.3 Å². The second-order valence-electron chi connectivity index (χ2n) is 8.46. The molecule has 1 atom stereocenters. The minimum atomic E-state index is -3.63. The largest absolute Gasteiger partial charge is 0.497 e. The summed E-state index contributed by atoms with van der Waals surface area (Å²) in [5.74, 6) is 1.62. The summed E-state index contributed by atoms with van der Waals surface area (Å²) in [4.78, 5) is 17.9. The van der Waals surface area contributed by atoms with Crippen LogP contribution in [0, 0.1) is 5.92 Å². The molecule has 1 N–H and O–H groups in total. The Morgan fingerprint density at radius 2 is 1.57 bits per heavy atom. The first kappa shape index (κ1) is 24.7. The fourth-order valence-corrected chi connectivity index (χ4v) is 5.73. The van der Waals surface area contributed by atoms with E-state index in [9.17, 15) is 13.2 Å². The number of piperidine rings is 1. The quantitative estimate of drug-likeness (QED) is 0.512. The highest BCUT2D eigenvalue weighted by Gasteiger charge is 2.33. The normalized spacial score (nSPS) is 16.0. The molecule has 10 heteroatoms. The molecule has 0 radical (unpaired) electrons. The fourth-order valence-electron chi connectivity index (χ4n) is 4.26. The lowest BCUT2D eigenvalue weighted by Crippen LogP contribution is -2.44. The number of aromatic nitrogens is 2. The number of imidazole rings is 1. The van der Waals surface area contributed by atoms with Crippen LogP contribution in [-0.2, 0) is 21.9 Å². The zero-order chi connectivity index (χ0) is 25.0. The second-order valence-corrected chi connectivity index (χ2v) is 10.4. The SMILES string of the molecule is COc1ccc(C(NC(=O)C2CCN(S(=O)(=O)c3ccc(OC)cc3)CC2)c2nccn2C)cc1. The Morgan fingerprint density at radius 3 is 2.09 bits per heavy atom. The van der Waals surface area contributed by atoms with Crippen LogP contribution in [0.2, 0.25) is 0 Å². The maximum atomic E-state index is 13.3. The first-order chi connectivity index (χ1) is 16.8. The lowest BCUT2D eigenvalue weighted by atomic mass is 9.96. The van der Waals surface area contributed by atoms with E-state index in [1.165, 1.54) is 11.4 Å². The zero-order valence-electron chi connectivity index (χ0n) is 20.0. The highest BCUT2D eigenvalue weighted by atomic mass is 32.2. The van der Waals surface area contributed by atoms with Crippen molar-refractivity contribution in [2.24, 2.45) is 13.0 Å². The summed E-state index contributed by atoms with van der Waals surface area (Å²) < 4.78 is 39.8. The maximum Gasteiger partial charge on any atom is 0.243 e. The van der Waals surface area contributed by atoms with Gasteiger partial charge < -0.3 is 19.4 Å². The predicted octanol–water partition coefficient (Wildman–Crippen LogP) is 2.74. The van der Waals surface area contributed by atoms with Crippen molar-refractivity contribution in [1.82, 2.24) is 19.2 Å². The Hall–Kier alpha value is -3.37. The summed E-state index contributed by atoms with van der Waals surface area (Å²) >= 11 is 0. The minimum Gasteiger partial charge on any atom is -0.497 e. The Labute approximate surface area is 205 Å². The van der Waals surface area contributed by atoms with Gasteiger partial charge in [0.05, 0.1) is 19.1 Å². The number of methoxy groups -OCH3 is 2. The smallest absolute Gasteiger partial charge is 0.243 e. The van der Waals surface area contributed by atoms with Crippen molar-refractivity contribution in [2.45, 2.75) is 23.8 Å². The molecule has 4 rings (SSSR count). The van der Waals surface area contributed by atoms with E-state index in [1.54, 1.807) is 37.6 Å². The highest BCUT2D eigenvalue weighted by molar-refractivity contribution is 7.89. The number of hydrogen-bond acceptors (Lipinski definition) is 6. The molecule has 1 aliphatic heterocycles. The summed E-state index contributed by atoms with van der Waals surface area (Å²) in [7, 11) is 1.39. The number of carbonyl (C=O) groups excluding carboxylic acids is 1. The average molecular weight is 499 g/mol. The number of nitrogens with zero attached hydrogens (tertiary/aromatic N) is 3. The van der Waals surface area contributed by atoms with Gasteiger partial charge in [-0.2, -0.15) is 4.31 Å². The molecule has 35 heavy (non-hydrogen) atoms. The van der Waals surface area contributed by atoms with Crippen LogP contribution in [0.4, 0.5) is 0 Å². The monoisotopic (exact) mass is 498 g/mol. The van der Waals surface area contributed by atoms with Gasteiger partial charge in [-0.3, -0.25) is 4.79 Å². The van der Waals surface area contributed by atoms with E-state index in [2.05, 4.69) is 10.3 Å². The van der Waals surface area contributed by atoms with E-state index >= 15 is 0 Å². The topological polar surface area (TPSA) is 103 Å². The number of aryl methyl sites for hydroxylation is 1. The van der Waals surface area contributed by atoms with Crippen molar-refractivity contribution in [1.29, 1.82) is 0 Å². The number of hydrogen-bond donors (Lipinski definition) is 1. The van der Waals surface area contributed by atoms with Crippen LogP contribution in [0.5, 0.6) is 11.5 Å². The van der Waals surface area contributed by atoms with Gasteiger partial charge in [-0.1, -0.05) is 12.1 Å². The minimum absolute atomic E-state index is 0.115. The molecular formula is C25H30N4O5S. The van der Waals surface area contributed by atoms with E-state index < -0.39 is 16.1 Å². The van der Waals surface area contributed by atoms with Gasteiger partial charge in [-0.05, 0) is 54.8 Å². The van der Waals surface area contributed by atoms with Crippen molar-refractivity contribution in [3.8, 4) is 11.5 Å². The first-order valence-electron chi connectivity index (χ1n) is 11.4. The molecule has 1 aliphatic rings. The number of carbonyl (C=O) groups is 1. The lowest BCUT2D eigenvalue weighted by molar-refractivity contribution is -0.126. The number of ether oxygens (including phenoxy) is 2. The van der Waals surface area contributed by atoms with E-state index in [0.29, 0.717) is 24.4 Å². The lowest BCUT2D eigenvalue weighted by Gasteiger charge is -2.31. The van der Waals surface area contributed by atoms with Crippen molar-refractivity contribution in [2.75, 3.05) is 27.3 Å². The van der Waals surface area contributed by atoms with Crippen LogP contribution in [0.3, 0.4) is 0 Å². The van der Waals surface area contributed by atoms with Gasteiger partial charge in [0.25, 0.3) is 0 Å². The van der Waals surface area contributed by atoms with Crippen molar-refractivity contribution < 1.29 is 22.7 Å². The molecule has 2 aromatic carbocycles. The number of amides is 1. The van der Waals surface area contributed by atoms with Gasteiger partial charge in [-0.25, -0.2) is 13.4 Å². The summed E-state index contributed by atoms with van der Waals surface area (Å²) in [6.07, 6.45) is 4.41. The maximum absolute atomic E-state index is 13.3. The van der Waals surface area contributed by atoms with Gasteiger partial charge in [0.15, 0.2) is 0 Å². The molecule has 0 spiro atoms. The standard InChI is InChI=1S/C25H30N4O5S/c1-28-17-14-26-24(28)23(18-4-6-20(33-2)7-5-18)27-25(30)19-12-15-29(16-13-19)35(31,32)22-10-8-21(34-3)9-11-22/h4-11,14,17,19,23H,12-13,15-16H2,1-3H3,(H,27,30). The molecule has 0 saturated carbocycles. The third-order valence-corrected chi connectivity index (χ3v) is 8.29. The number of benzene rings is 2. The summed E-state index contributed by atoms with van der Waals surface area (Å²) in [5.41, 5.74) is 0.882. The Kier molecular flexibility index (Phi) is 7.42. The number of nitrogens with one attached hydrogen (secondary N) is 1. The molecule has 186 valence electrons. The molecule has 1 amide bonds. The van der Waals surface area contributed by atoms with Gasteiger partial charge in [0.1, 0.15) is 23.4 Å². The highest BCUT2D eigenvalue weighted by Crippen LogP contribution is 2.28. The second kappa shape index (κ2) is 10.5. The van der Waals surface area contributed by atoms with Gasteiger partial charge in [0.2, 0.25) is 15.9 Å². The predicted molar refractivity (Wildman–Crippen MR) is 131 cm³/mol. The fraction of sp³-hybridized carbons (Fsp3) is 0.360. The Bertz CT molecular complexity index is 1250. The van der Waals surface area contributed by atoms with E-state index in [4.69, 9.17) is 9.47 Å². The molecule has 0 bridgehead atoms. The molecule has 1 fully saturated rings. The van der Waals surface area contributed by atoms with Gasteiger partial charge >= 0.3 is 0 Å². The molecule has 3 aromatic rings. The molecule has 9 nitrogen and oxygen atoms in total. The van der Waals surface area contributed by atoms with Crippen molar-refractivity contribution in [3.05, 3.63) is 72.3 Å². The third-order valence-electron chi connectivity index (χ3n) is 6.37. The van der Waals surface area contributed by atoms with Crippen LogP contribution in [0.15, 0.2) is 65.8 Å². The molecule has 1 aromatic heterocycles. The van der Waals surface area contributed by atoms with Crippen LogP contribution in [0.25, 0.3) is 0 Å². The van der Waals surface area contributed by atoms with Crippen molar-refractivity contribution >= 4 is 15.9 Å². The van der Waals surface area contributed by atoms with Crippen LogP contribution < -0.4 is 14.8 Å². The molecular weight excluding hydrogens is 468 g/mol.